The summed E-state index contributed by atoms with van der Waals surface area (Å²) in [7, 11) is 0. The molecule has 4 rings (SSSR count). The van der Waals surface area contributed by atoms with E-state index in [1.54, 1.807) is 30.6 Å². The van der Waals surface area contributed by atoms with Gasteiger partial charge < -0.3 is 4.74 Å². The first-order chi connectivity index (χ1) is 14.2. The van der Waals surface area contributed by atoms with Gasteiger partial charge in [0, 0.05) is 17.1 Å². The van der Waals surface area contributed by atoms with Gasteiger partial charge in [-0.1, -0.05) is 37.3 Å². The molecule has 29 heavy (non-hydrogen) atoms. The van der Waals surface area contributed by atoms with Crippen molar-refractivity contribution in [1.29, 1.82) is 0 Å². The van der Waals surface area contributed by atoms with E-state index in [0.29, 0.717) is 22.7 Å². The molecular formula is C21H17N3O3S2. The number of hydrogen-bond acceptors (Lipinski definition) is 7. The molecular weight excluding hydrogens is 406 g/mol. The maximum Gasteiger partial charge on any atom is 0.339 e. The Bertz CT molecular complexity index is 1120. The zero-order valence-corrected chi connectivity index (χ0v) is 17.1. The second kappa shape index (κ2) is 8.50. The van der Waals surface area contributed by atoms with E-state index in [-0.39, 0.29) is 0 Å². The van der Waals surface area contributed by atoms with Gasteiger partial charge in [0.05, 0.1) is 15.8 Å². The van der Waals surface area contributed by atoms with E-state index in [1.165, 1.54) is 22.7 Å². The Morgan fingerprint density at radius 1 is 1.14 bits per heavy atom. The highest BCUT2D eigenvalue weighted by Gasteiger charge is 2.25. The van der Waals surface area contributed by atoms with Crippen LogP contribution in [0.25, 0.3) is 20.8 Å². The van der Waals surface area contributed by atoms with Crippen molar-refractivity contribution in [2.24, 2.45) is 0 Å². The lowest BCUT2D eigenvalue weighted by Gasteiger charge is -2.16. The molecule has 0 saturated heterocycles. The first kappa shape index (κ1) is 19.2. The van der Waals surface area contributed by atoms with Gasteiger partial charge in [0.25, 0.3) is 5.91 Å². The third kappa shape index (κ3) is 4.18. The highest BCUT2D eigenvalue weighted by Crippen LogP contribution is 2.32. The number of anilines is 1. The van der Waals surface area contributed by atoms with Crippen LogP contribution in [-0.4, -0.2) is 27.9 Å². The molecule has 0 aliphatic heterocycles. The zero-order valence-electron chi connectivity index (χ0n) is 15.5. The Kier molecular flexibility index (Phi) is 5.64. The molecule has 0 aliphatic carbocycles. The highest BCUT2D eigenvalue weighted by atomic mass is 32.1. The molecule has 6 nitrogen and oxygen atoms in total. The summed E-state index contributed by atoms with van der Waals surface area (Å²) in [6.45, 7) is 1.79. The Balaban J connectivity index is 1.57. The van der Waals surface area contributed by atoms with Crippen LogP contribution in [0.4, 0.5) is 5.13 Å². The smallest absolute Gasteiger partial charge is 0.339 e. The fourth-order valence-corrected chi connectivity index (χ4v) is 4.36. The lowest BCUT2D eigenvalue weighted by atomic mass is 10.1. The van der Waals surface area contributed by atoms with Gasteiger partial charge in [0.1, 0.15) is 5.01 Å². The number of ether oxygens (including phenoxy) is 1. The quantitative estimate of drug-likeness (QED) is 0.442. The van der Waals surface area contributed by atoms with E-state index in [1.807, 2.05) is 36.4 Å². The van der Waals surface area contributed by atoms with Gasteiger partial charge >= 0.3 is 5.97 Å². The number of nitrogens with zero attached hydrogens (tertiary/aromatic N) is 2. The van der Waals surface area contributed by atoms with Crippen LogP contribution in [0.5, 0.6) is 0 Å². The number of thiazole rings is 2. The SMILES string of the molecule is CCC(OC(=O)c1ccccc1-c1nc2ccccc2s1)C(=O)Nc1nccs1. The lowest BCUT2D eigenvalue weighted by Crippen LogP contribution is -2.32. The molecule has 146 valence electrons. The van der Waals surface area contributed by atoms with E-state index >= 15 is 0 Å². The molecule has 0 saturated carbocycles. The van der Waals surface area contributed by atoms with E-state index < -0.39 is 18.0 Å². The number of esters is 1. The summed E-state index contributed by atoms with van der Waals surface area (Å²) in [5.74, 6) is -0.950. The molecule has 1 atom stereocenters. The maximum atomic E-state index is 12.9. The molecule has 1 unspecified atom stereocenters. The van der Waals surface area contributed by atoms with E-state index in [9.17, 15) is 9.59 Å². The number of carbonyl (C=O) groups is 2. The molecule has 4 aromatic rings. The number of carbonyl (C=O) groups excluding carboxylic acids is 2. The van der Waals surface area contributed by atoms with E-state index in [2.05, 4.69) is 15.3 Å². The number of hydrogen-bond donors (Lipinski definition) is 1. The molecule has 8 heteroatoms. The van der Waals surface area contributed by atoms with Crippen LogP contribution < -0.4 is 5.32 Å². The monoisotopic (exact) mass is 423 g/mol. The van der Waals surface area contributed by atoms with Crippen molar-refractivity contribution >= 4 is 49.9 Å². The van der Waals surface area contributed by atoms with Crippen LogP contribution in [0, 0.1) is 0 Å². The van der Waals surface area contributed by atoms with Crippen molar-refractivity contribution in [2.45, 2.75) is 19.4 Å². The minimum absolute atomic E-state index is 0.353. The molecule has 2 aromatic carbocycles. The number of fused-ring (bicyclic) bond motifs is 1. The normalized spacial score (nSPS) is 11.9. The zero-order chi connectivity index (χ0) is 20.2. The topological polar surface area (TPSA) is 81.2 Å². The van der Waals surface area contributed by atoms with Crippen molar-refractivity contribution in [3.05, 3.63) is 65.7 Å². The number of para-hydroxylation sites is 1. The second-order valence-electron chi connectivity index (χ2n) is 6.16. The first-order valence-electron chi connectivity index (χ1n) is 9.02. The van der Waals surface area contributed by atoms with Crippen LogP contribution in [0.3, 0.4) is 0 Å². The van der Waals surface area contributed by atoms with Gasteiger partial charge in [-0.05, 0) is 24.6 Å². The van der Waals surface area contributed by atoms with Crippen LogP contribution in [-0.2, 0) is 9.53 Å². The molecule has 0 spiro atoms. The van der Waals surface area contributed by atoms with Crippen LogP contribution in [0.2, 0.25) is 0 Å². The van der Waals surface area contributed by atoms with Crippen molar-refractivity contribution in [1.82, 2.24) is 9.97 Å². The molecule has 2 aromatic heterocycles. The Morgan fingerprint density at radius 2 is 1.93 bits per heavy atom. The lowest BCUT2D eigenvalue weighted by molar-refractivity contribution is -0.124. The molecule has 2 heterocycles. The fraction of sp³-hybridized carbons (Fsp3) is 0.143. The molecule has 0 aliphatic rings. The molecule has 0 fully saturated rings. The summed E-state index contributed by atoms with van der Waals surface area (Å²) >= 11 is 2.82. The van der Waals surface area contributed by atoms with Crippen molar-refractivity contribution < 1.29 is 14.3 Å². The van der Waals surface area contributed by atoms with Crippen LogP contribution in [0.1, 0.15) is 23.7 Å². The maximum absolute atomic E-state index is 12.9. The minimum Gasteiger partial charge on any atom is -0.449 e. The molecule has 1 N–H and O–H groups in total. The minimum atomic E-state index is -0.908. The number of aromatic nitrogens is 2. The highest BCUT2D eigenvalue weighted by molar-refractivity contribution is 7.21. The van der Waals surface area contributed by atoms with Gasteiger partial charge in [-0.3, -0.25) is 10.1 Å². The van der Waals surface area contributed by atoms with Gasteiger partial charge in [0.2, 0.25) is 0 Å². The Morgan fingerprint density at radius 3 is 2.69 bits per heavy atom. The van der Waals surface area contributed by atoms with Crippen molar-refractivity contribution in [3.8, 4) is 10.6 Å². The van der Waals surface area contributed by atoms with E-state index in [0.717, 1.165) is 15.2 Å². The third-order valence-electron chi connectivity index (χ3n) is 4.25. The summed E-state index contributed by atoms with van der Waals surface area (Å²) < 4.78 is 6.58. The number of benzene rings is 2. The molecule has 0 bridgehead atoms. The summed E-state index contributed by atoms with van der Waals surface area (Å²) in [6.07, 6.45) is 1.04. The van der Waals surface area contributed by atoms with Crippen LogP contribution >= 0.6 is 22.7 Å². The number of rotatable bonds is 6. The summed E-state index contributed by atoms with van der Waals surface area (Å²) in [4.78, 5) is 34.0. The van der Waals surface area contributed by atoms with Gasteiger partial charge in [-0.15, -0.1) is 22.7 Å². The fourth-order valence-electron chi connectivity index (χ4n) is 2.82. The van der Waals surface area contributed by atoms with Crippen LogP contribution in [0.15, 0.2) is 60.1 Å². The van der Waals surface area contributed by atoms with Crippen molar-refractivity contribution in [3.63, 3.8) is 0 Å². The third-order valence-corrected chi connectivity index (χ3v) is 6.00. The molecule has 1 amide bonds. The first-order valence-corrected chi connectivity index (χ1v) is 10.7. The summed E-state index contributed by atoms with van der Waals surface area (Å²) in [6, 6.07) is 15.0. The predicted octanol–water partition coefficient (Wildman–Crippen LogP) is 4.99. The van der Waals surface area contributed by atoms with Crippen molar-refractivity contribution in [2.75, 3.05) is 5.32 Å². The Hall–Kier alpha value is -3.10. The summed E-state index contributed by atoms with van der Waals surface area (Å²) in [5, 5.41) is 5.64. The predicted molar refractivity (Wildman–Crippen MR) is 115 cm³/mol. The van der Waals surface area contributed by atoms with Gasteiger partial charge in [0.15, 0.2) is 11.2 Å². The van der Waals surface area contributed by atoms with Gasteiger partial charge in [-0.2, -0.15) is 0 Å². The van der Waals surface area contributed by atoms with E-state index in [4.69, 9.17) is 4.74 Å². The molecule has 0 radical (unpaired) electrons. The average molecular weight is 424 g/mol. The summed E-state index contributed by atoms with van der Waals surface area (Å²) in [5.41, 5.74) is 1.95. The largest absolute Gasteiger partial charge is 0.449 e. The van der Waals surface area contributed by atoms with Gasteiger partial charge in [-0.25, -0.2) is 14.8 Å². The number of nitrogens with one attached hydrogen (secondary N) is 1. The Labute approximate surface area is 175 Å². The standard InChI is InChI=1S/C21H17N3O3S2/c1-2-16(18(25)24-21-22-11-12-28-21)27-20(26)14-8-4-3-7-13(14)19-23-15-9-5-6-10-17(15)29-19/h3-12,16H,2H2,1H3,(H,22,24,25). The second-order valence-corrected chi connectivity index (χ2v) is 8.09. The average Bonchev–Trinajstić information content (AvgIpc) is 3.41. The number of amides is 1.